The Hall–Kier alpha value is -0.940. The zero-order chi connectivity index (χ0) is 15.9. The van der Waals surface area contributed by atoms with E-state index in [0.717, 1.165) is 32.8 Å². The summed E-state index contributed by atoms with van der Waals surface area (Å²) in [6.45, 7) is 13.4. The van der Waals surface area contributed by atoms with Crippen molar-refractivity contribution in [1.82, 2.24) is 14.7 Å². The fraction of sp³-hybridized carbons (Fsp3) is 0.684. The molecule has 1 aromatic carbocycles. The molecule has 0 radical (unpaired) electrons. The first-order valence-electron chi connectivity index (χ1n) is 9.01. The molecule has 0 unspecified atom stereocenters. The van der Waals surface area contributed by atoms with Crippen molar-refractivity contribution in [3.63, 3.8) is 0 Å². The largest absolute Gasteiger partial charge is 0.378 e. The third kappa shape index (κ3) is 2.93. The van der Waals surface area contributed by atoms with Crippen molar-refractivity contribution >= 4 is 0 Å². The molecule has 3 aliphatic heterocycles. The Morgan fingerprint density at radius 2 is 1.96 bits per heavy atom. The predicted octanol–water partition coefficient (Wildman–Crippen LogP) is 1.67. The second kappa shape index (κ2) is 6.17. The number of likely N-dealkylation sites (tertiary alicyclic amines) is 1. The van der Waals surface area contributed by atoms with E-state index >= 15 is 0 Å². The van der Waals surface area contributed by atoms with Gasteiger partial charge in [0.05, 0.1) is 18.8 Å². The normalized spacial score (nSPS) is 28.7. The summed E-state index contributed by atoms with van der Waals surface area (Å²) in [6.07, 6.45) is 0. The van der Waals surface area contributed by atoms with Crippen molar-refractivity contribution in [2.75, 3.05) is 45.9 Å². The van der Waals surface area contributed by atoms with Crippen LogP contribution in [-0.2, 0) is 11.3 Å². The Morgan fingerprint density at radius 1 is 1.17 bits per heavy atom. The first-order valence-corrected chi connectivity index (χ1v) is 9.01. The number of fused-ring (bicyclic) bond motifs is 2. The third-order valence-corrected chi connectivity index (χ3v) is 5.80. The number of rotatable bonds is 3. The van der Waals surface area contributed by atoms with Gasteiger partial charge < -0.3 is 4.74 Å². The molecule has 0 amide bonds. The van der Waals surface area contributed by atoms with Crippen molar-refractivity contribution in [3.05, 3.63) is 35.9 Å². The Balaban J connectivity index is 1.50. The van der Waals surface area contributed by atoms with E-state index in [0.29, 0.717) is 17.6 Å². The minimum Gasteiger partial charge on any atom is -0.378 e. The van der Waals surface area contributed by atoms with Gasteiger partial charge in [-0.1, -0.05) is 30.3 Å². The zero-order valence-corrected chi connectivity index (χ0v) is 14.4. The second-order valence-electron chi connectivity index (χ2n) is 7.80. The minimum atomic E-state index is 0.353. The van der Waals surface area contributed by atoms with E-state index in [1.165, 1.54) is 25.2 Å². The number of benzene rings is 1. The van der Waals surface area contributed by atoms with Crippen molar-refractivity contribution in [2.45, 2.75) is 38.0 Å². The van der Waals surface area contributed by atoms with Gasteiger partial charge >= 0.3 is 0 Å². The molecule has 3 saturated heterocycles. The van der Waals surface area contributed by atoms with E-state index in [-0.39, 0.29) is 0 Å². The molecular formula is C19H29N3O. The van der Waals surface area contributed by atoms with Gasteiger partial charge in [-0.15, -0.1) is 0 Å². The topological polar surface area (TPSA) is 19.0 Å². The molecule has 1 aromatic rings. The summed E-state index contributed by atoms with van der Waals surface area (Å²) in [6, 6.07) is 12.1. The molecule has 0 N–H and O–H groups in total. The standard InChI is InChI=1S/C19H29N3O/c1-16(2)21-14-19(15-21)13-20(10-17-6-4-3-5-7-17)11-18-12-23-9-8-22(18)19/h3-7,16,18H,8-15H2,1-2H3/t18-/m1/s1. The van der Waals surface area contributed by atoms with Crippen LogP contribution in [0.25, 0.3) is 0 Å². The highest BCUT2D eigenvalue weighted by atomic mass is 16.5. The van der Waals surface area contributed by atoms with Crippen molar-refractivity contribution in [3.8, 4) is 0 Å². The van der Waals surface area contributed by atoms with Crippen molar-refractivity contribution in [2.24, 2.45) is 0 Å². The van der Waals surface area contributed by atoms with E-state index in [1.54, 1.807) is 0 Å². The van der Waals surface area contributed by atoms with Gasteiger partial charge in [-0.05, 0) is 19.4 Å². The van der Waals surface area contributed by atoms with Crippen LogP contribution < -0.4 is 0 Å². The molecule has 4 rings (SSSR count). The molecule has 1 atom stereocenters. The highest BCUT2D eigenvalue weighted by molar-refractivity contribution is 5.17. The highest BCUT2D eigenvalue weighted by Gasteiger charge is 2.54. The Kier molecular flexibility index (Phi) is 4.18. The van der Waals surface area contributed by atoms with Gasteiger partial charge in [-0.25, -0.2) is 0 Å². The first-order chi connectivity index (χ1) is 11.2. The summed E-state index contributed by atoms with van der Waals surface area (Å²) in [5, 5.41) is 0. The average molecular weight is 315 g/mol. The van der Waals surface area contributed by atoms with Gasteiger partial charge in [0.2, 0.25) is 0 Å². The molecule has 4 heteroatoms. The molecule has 23 heavy (non-hydrogen) atoms. The monoisotopic (exact) mass is 315 g/mol. The zero-order valence-electron chi connectivity index (χ0n) is 14.4. The molecule has 4 nitrogen and oxygen atoms in total. The molecule has 0 saturated carbocycles. The number of hydrogen-bond donors (Lipinski definition) is 0. The molecular weight excluding hydrogens is 286 g/mol. The minimum absolute atomic E-state index is 0.353. The van der Waals surface area contributed by atoms with Crippen LogP contribution in [0.1, 0.15) is 19.4 Å². The maximum absolute atomic E-state index is 5.79. The SMILES string of the molecule is CC(C)N1CC2(CN(Cc3ccccc3)C[C@@H]3COCCN32)C1. The number of ether oxygens (including phenoxy) is 1. The molecule has 3 aliphatic rings. The summed E-state index contributed by atoms with van der Waals surface area (Å²) >= 11 is 0. The molecule has 0 aromatic heterocycles. The molecule has 126 valence electrons. The number of hydrogen-bond acceptors (Lipinski definition) is 4. The highest BCUT2D eigenvalue weighted by Crippen LogP contribution is 2.36. The quantitative estimate of drug-likeness (QED) is 0.844. The third-order valence-electron chi connectivity index (χ3n) is 5.80. The van der Waals surface area contributed by atoms with Crippen LogP contribution in [0.4, 0.5) is 0 Å². The van der Waals surface area contributed by atoms with Crippen LogP contribution in [-0.4, -0.2) is 78.3 Å². The van der Waals surface area contributed by atoms with Crippen LogP contribution in [0, 0.1) is 0 Å². The molecule has 0 bridgehead atoms. The lowest BCUT2D eigenvalue weighted by atomic mass is 9.81. The fourth-order valence-electron chi connectivity index (χ4n) is 4.62. The maximum atomic E-state index is 5.79. The Bertz CT molecular complexity index is 527. The van der Waals surface area contributed by atoms with E-state index < -0.39 is 0 Å². The molecule has 3 heterocycles. The van der Waals surface area contributed by atoms with Crippen LogP contribution in [0.15, 0.2) is 30.3 Å². The summed E-state index contributed by atoms with van der Waals surface area (Å²) in [5.74, 6) is 0. The summed E-state index contributed by atoms with van der Waals surface area (Å²) in [5.41, 5.74) is 1.78. The average Bonchev–Trinajstić information content (AvgIpc) is 2.52. The molecule has 0 aliphatic carbocycles. The second-order valence-corrected chi connectivity index (χ2v) is 7.80. The number of morpholine rings is 1. The molecule has 3 fully saturated rings. The van der Waals surface area contributed by atoms with Gasteiger partial charge in [0.15, 0.2) is 0 Å². The van der Waals surface area contributed by atoms with E-state index in [4.69, 9.17) is 4.74 Å². The van der Waals surface area contributed by atoms with Gasteiger partial charge in [-0.2, -0.15) is 0 Å². The fourth-order valence-corrected chi connectivity index (χ4v) is 4.62. The van der Waals surface area contributed by atoms with Gasteiger partial charge in [-0.3, -0.25) is 14.7 Å². The summed E-state index contributed by atoms with van der Waals surface area (Å²) in [7, 11) is 0. The molecule has 1 spiro atoms. The van der Waals surface area contributed by atoms with Gasteiger partial charge in [0.25, 0.3) is 0 Å². The van der Waals surface area contributed by atoms with Crippen molar-refractivity contribution in [1.29, 1.82) is 0 Å². The number of nitrogens with zero attached hydrogens (tertiary/aromatic N) is 3. The van der Waals surface area contributed by atoms with Crippen LogP contribution in [0.2, 0.25) is 0 Å². The van der Waals surface area contributed by atoms with E-state index in [9.17, 15) is 0 Å². The predicted molar refractivity (Wildman–Crippen MR) is 92.5 cm³/mol. The Labute approximate surface area is 140 Å². The summed E-state index contributed by atoms with van der Waals surface area (Å²) in [4.78, 5) is 8.04. The Morgan fingerprint density at radius 3 is 2.70 bits per heavy atom. The van der Waals surface area contributed by atoms with Gasteiger partial charge in [0.1, 0.15) is 0 Å². The van der Waals surface area contributed by atoms with Crippen LogP contribution in [0.5, 0.6) is 0 Å². The van der Waals surface area contributed by atoms with Gasteiger partial charge in [0, 0.05) is 51.4 Å². The summed E-state index contributed by atoms with van der Waals surface area (Å²) < 4.78 is 5.79. The maximum Gasteiger partial charge on any atom is 0.0635 e. The van der Waals surface area contributed by atoms with E-state index in [1.807, 2.05) is 0 Å². The lowest BCUT2D eigenvalue weighted by molar-refractivity contribution is -0.172. The van der Waals surface area contributed by atoms with Crippen LogP contribution >= 0.6 is 0 Å². The van der Waals surface area contributed by atoms with Crippen molar-refractivity contribution < 1.29 is 4.74 Å². The lowest BCUT2D eigenvalue weighted by Gasteiger charge is -2.64. The van der Waals surface area contributed by atoms with Crippen LogP contribution in [0.3, 0.4) is 0 Å². The first kappa shape index (κ1) is 15.6. The number of piperazine rings is 1. The van der Waals surface area contributed by atoms with E-state index in [2.05, 4.69) is 58.9 Å². The lowest BCUT2D eigenvalue weighted by Crippen LogP contribution is -2.81. The smallest absolute Gasteiger partial charge is 0.0635 e.